The van der Waals surface area contributed by atoms with Crippen molar-refractivity contribution < 1.29 is 4.74 Å². The Bertz CT molecular complexity index is 695. The average Bonchev–Trinajstić information content (AvgIpc) is 3.35. The maximum absolute atomic E-state index is 6.28. The van der Waals surface area contributed by atoms with E-state index < -0.39 is 0 Å². The van der Waals surface area contributed by atoms with Crippen LogP contribution in [0.15, 0.2) is 0 Å². The van der Waals surface area contributed by atoms with Gasteiger partial charge in [0, 0.05) is 0 Å². The molecule has 0 bridgehead atoms. The lowest BCUT2D eigenvalue weighted by Crippen LogP contribution is -2.63. The molecule has 0 N–H and O–H groups in total. The molecule has 1 nitrogen and oxygen atoms in total. The first-order valence-electron chi connectivity index (χ1n) is 14.1. The van der Waals surface area contributed by atoms with E-state index in [1.54, 1.807) is 0 Å². The highest BCUT2D eigenvalue weighted by molar-refractivity contribution is 5.20. The maximum Gasteiger partial charge on any atom is 0.0895 e. The monoisotopic (exact) mass is 428 g/mol. The molecule has 3 unspecified atom stereocenters. The van der Waals surface area contributed by atoms with Crippen LogP contribution in [-0.4, -0.2) is 12.2 Å². The fourth-order valence-electron chi connectivity index (χ4n) is 11.0. The van der Waals surface area contributed by atoms with Crippen LogP contribution in [0, 0.1) is 57.2 Å². The van der Waals surface area contributed by atoms with E-state index in [9.17, 15) is 0 Å². The fourth-order valence-corrected chi connectivity index (χ4v) is 11.0. The largest absolute Gasteiger partial charge is 0.369 e. The van der Waals surface area contributed by atoms with Gasteiger partial charge >= 0.3 is 0 Å². The molecule has 0 amide bonds. The normalized spacial score (nSPS) is 53.3. The Morgan fingerprint density at radius 2 is 1.52 bits per heavy atom. The van der Waals surface area contributed by atoms with Crippen molar-refractivity contribution in [1.82, 2.24) is 0 Å². The van der Waals surface area contributed by atoms with Gasteiger partial charge in [0.25, 0.3) is 0 Å². The first-order valence-corrected chi connectivity index (χ1v) is 14.1. The van der Waals surface area contributed by atoms with Gasteiger partial charge in [-0.15, -0.1) is 0 Å². The van der Waals surface area contributed by atoms with Crippen LogP contribution in [0.1, 0.15) is 120 Å². The van der Waals surface area contributed by atoms with E-state index in [2.05, 4.69) is 55.4 Å². The number of ether oxygens (including phenoxy) is 1. The molecule has 0 aromatic rings. The summed E-state index contributed by atoms with van der Waals surface area (Å²) < 4.78 is 6.28. The minimum atomic E-state index is 0.375. The van der Waals surface area contributed by atoms with Crippen LogP contribution < -0.4 is 0 Å². The SMILES string of the molecule is CC(C)CCC[C@H](C)[C@H]1CC[C@@]2(C)[C@H]1CC[C@@H]1[C@@]3(C)CC4OC4C(C)(C)C3CC[C@]12C. The molecule has 1 heteroatoms. The number of hydrogen-bond donors (Lipinski definition) is 0. The van der Waals surface area contributed by atoms with Crippen LogP contribution in [0.25, 0.3) is 0 Å². The molecule has 0 aromatic heterocycles. The summed E-state index contributed by atoms with van der Waals surface area (Å²) in [5.41, 5.74) is 1.96. The molecule has 31 heavy (non-hydrogen) atoms. The molecule has 1 heterocycles. The molecule has 4 aliphatic carbocycles. The third-order valence-corrected chi connectivity index (χ3v) is 12.7. The average molecular weight is 429 g/mol. The maximum atomic E-state index is 6.28. The first kappa shape index (κ1) is 22.7. The Hall–Kier alpha value is -0.0400. The van der Waals surface area contributed by atoms with E-state index in [1.165, 1.54) is 64.2 Å². The summed E-state index contributed by atoms with van der Waals surface area (Å²) in [5.74, 6) is 5.51. The van der Waals surface area contributed by atoms with Gasteiger partial charge in [0.2, 0.25) is 0 Å². The van der Waals surface area contributed by atoms with Crippen molar-refractivity contribution in [1.29, 1.82) is 0 Å². The summed E-state index contributed by atoms with van der Waals surface area (Å²) in [5, 5.41) is 0. The molecule has 1 aliphatic heterocycles. The van der Waals surface area contributed by atoms with E-state index >= 15 is 0 Å². The lowest BCUT2D eigenvalue weighted by atomic mass is 9.35. The van der Waals surface area contributed by atoms with Crippen LogP contribution in [0.2, 0.25) is 0 Å². The topological polar surface area (TPSA) is 12.5 Å². The summed E-state index contributed by atoms with van der Waals surface area (Å²) >= 11 is 0. The third kappa shape index (κ3) is 3.10. The van der Waals surface area contributed by atoms with Gasteiger partial charge in [0.05, 0.1) is 12.2 Å². The van der Waals surface area contributed by atoms with Crippen LogP contribution in [0.3, 0.4) is 0 Å². The lowest BCUT2D eigenvalue weighted by Gasteiger charge is -2.68. The minimum absolute atomic E-state index is 0.375. The van der Waals surface area contributed by atoms with E-state index in [1.807, 2.05) is 0 Å². The molecule has 0 aromatic carbocycles. The predicted molar refractivity (Wildman–Crippen MR) is 131 cm³/mol. The second kappa shape index (κ2) is 7.23. The summed E-state index contributed by atoms with van der Waals surface area (Å²) in [6.07, 6.45) is 15.7. The molecule has 0 spiro atoms. The molecule has 5 aliphatic rings. The van der Waals surface area contributed by atoms with Crippen LogP contribution in [0.4, 0.5) is 0 Å². The van der Waals surface area contributed by atoms with Crippen LogP contribution >= 0.6 is 0 Å². The quantitative estimate of drug-likeness (QED) is 0.400. The Balaban J connectivity index is 1.38. The number of rotatable bonds is 5. The third-order valence-electron chi connectivity index (χ3n) is 12.7. The standard InChI is InChI=1S/C30H52O/c1-19(2)10-9-11-20(3)21-14-16-29(7)22(21)12-13-25-28(6)18-23-26(31-23)27(4,5)24(28)15-17-30(25,29)8/h19-26H,9-18H2,1-8H3/t20-,21+,22-,23?,24?,25+,26?,28-,29-,30+/m0/s1. The Labute approximate surface area is 193 Å². The molecular weight excluding hydrogens is 376 g/mol. The summed E-state index contributed by atoms with van der Waals surface area (Å²) in [4.78, 5) is 0. The second-order valence-corrected chi connectivity index (χ2v) is 14.8. The lowest BCUT2D eigenvalue weighted by molar-refractivity contribution is -0.198. The Morgan fingerprint density at radius 1 is 0.806 bits per heavy atom. The van der Waals surface area contributed by atoms with Crippen LogP contribution in [0.5, 0.6) is 0 Å². The van der Waals surface area contributed by atoms with Gasteiger partial charge in [-0.3, -0.25) is 0 Å². The Morgan fingerprint density at radius 3 is 2.23 bits per heavy atom. The second-order valence-electron chi connectivity index (χ2n) is 14.8. The molecule has 4 saturated carbocycles. The van der Waals surface area contributed by atoms with Gasteiger partial charge in [-0.1, -0.05) is 74.7 Å². The van der Waals surface area contributed by atoms with Crippen molar-refractivity contribution >= 4 is 0 Å². The molecular formula is C30H52O. The van der Waals surface area contributed by atoms with Crippen LogP contribution in [-0.2, 0) is 4.74 Å². The zero-order chi connectivity index (χ0) is 22.4. The number of fused-ring (bicyclic) bond motifs is 6. The van der Waals surface area contributed by atoms with E-state index in [4.69, 9.17) is 4.74 Å². The van der Waals surface area contributed by atoms with Gasteiger partial charge in [-0.2, -0.15) is 0 Å². The highest BCUT2D eigenvalue weighted by Crippen LogP contribution is 2.77. The zero-order valence-corrected chi connectivity index (χ0v) is 22.1. The van der Waals surface area contributed by atoms with Gasteiger partial charge in [-0.25, -0.2) is 0 Å². The smallest absolute Gasteiger partial charge is 0.0895 e. The highest BCUT2D eigenvalue weighted by atomic mass is 16.6. The van der Waals surface area contributed by atoms with Crippen molar-refractivity contribution in [2.45, 2.75) is 132 Å². The minimum Gasteiger partial charge on any atom is -0.369 e. The fraction of sp³-hybridized carbons (Fsp3) is 1.00. The van der Waals surface area contributed by atoms with Crippen molar-refractivity contribution in [3.05, 3.63) is 0 Å². The zero-order valence-electron chi connectivity index (χ0n) is 22.1. The highest BCUT2D eigenvalue weighted by Gasteiger charge is 2.72. The van der Waals surface area contributed by atoms with E-state index in [0.717, 1.165) is 35.5 Å². The van der Waals surface area contributed by atoms with E-state index in [0.29, 0.717) is 33.9 Å². The summed E-state index contributed by atoms with van der Waals surface area (Å²) in [7, 11) is 0. The number of hydrogen-bond acceptors (Lipinski definition) is 1. The molecule has 5 fully saturated rings. The van der Waals surface area contributed by atoms with Gasteiger partial charge < -0.3 is 4.74 Å². The molecule has 10 atom stereocenters. The van der Waals surface area contributed by atoms with Gasteiger partial charge in [0.15, 0.2) is 0 Å². The van der Waals surface area contributed by atoms with Crippen molar-refractivity contribution in [3.63, 3.8) is 0 Å². The molecule has 0 radical (unpaired) electrons. The first-order chi connectivity index (χ1) is 14.4. The van der Waals surface area contributed by atoms with Gasteiger partial charge in [0.1, 0.15) is 0 Å². The van der Waals surface area contributed by atoms with Gasteiger partial charge in [-0.05, 0) is 102 Å². The number of epoxide rings is 1. The van der Waals surface area contributed by atoms with E-state index in [-0.39, 0.29) is 0 Å². The summed E-state index contributed by atoms with van der Waals surface area (Å²) in [6, 6.07) is 0. The molecule has 178 valence electrons. The Kier molecular flexibility index (Phi) is 5.30. The van der Waals surface area contributed by atoms with Crippen molar-refractivity contribution in [2.24, 2.45) is 57.2 Å². The van der Waals surface area contributed by atoms with Crippen molar-refractivity contribution in [3.8, 4) is 0 Å². The predicted octanol–water partition coefficient (Wildman–Crippen LogP) is 8.51. The molecule has 5 rings (SSSR count). The summed E-state index contributed by atoms with van der Waals surface area (Å²) in [6.45, 7) is 20.7. The molecule has 1 saturated heterocycles. The van der Waals surface area contributed by atoms with Crippen molar-refractivity contribution in [2.75, 3.05) is 0 Å².